The molecule has 206 valence electrons. The number of fused-ring (bicyclic) bond motifs is 1. The number of rotatable bonds is 16. The average Bonchev–Trinajstić information content (AvgIpc) is 3.20. The van der Waals surface area contributed by atoms with Gasteiger partial charge in [-0.25, -0.2) is 17.5 Å². The maximum Gasteiger partial charge on any atom is 0.241 e. The molecule has 1 aromatic rings. The molecule has 0 saturated carbocycles. The van der Waals surface area contributed by atoms with E-state index in [0.717, 1.165) is 25.0 Å². The molecule has 1 N–H and O–H groups in total. The first-order valence-electron chi connectivity index (χ1n) is 13.5. The lowest BCUT2D eigenvalue weighted by Crippen LogP contribution is -2.50. The van der Waals surface area contributed by atoms with E-state index in [4.69, 9.17) is 18.9 Å². The van der Waals surface area contributed by atoms with Gasteiger partial charge < -0.3 is 18.9 Å². The van der Waals surface area contributed by atoms with Crippen LogP contribution in [-0.4, -0.2) is 51.5 Å². The van der Waals surface area contributed by atoms with Crippen molar-refractivity contribution in [2.45, 2.75) is 127 Å². The lowest BCUT2D eigenvalue weighted by molar-refractivity contribution is -0.274. The minimum atomic E-state index is -3.92. The third-order valence-corrected chi connectivity index (χ3v) is 8.32. The van der Waals surface area contributed by atoms with Gasteiger partial charge >= 0.3 is 0 Å². The summed E-state index contributed by atoms with van der Waals surface area (Å²) in [5.41, 5.74) is 0. The number of sulfonamides is 1. The normalized spacial score (nSPS) is 27.4. The molecule has 2 heterocycles. The molecule has 0 bridgehead atoms. The summed E-state index contributed by atoms with van der Waals surface area (Å²) in [5, 5.41) is 0. The Hall–Kier alpha value is -1.10. The van der Waals surface area contributed by atoms with Crippen LogP contribution in [0.2, 0.25) is 0 Å². The number of unbranched alkanes of at least 4 members (excludes halogenated alkanes) is 9. The highest BCUT2D eigenvalue weighted by Gasteiger charge is 2.64. The van der Waals surface area contributed by atoms with Crippen LogP contribution in [0.25, 0.3) is 0 Å². The summed E-state index contributed by atoms with van der Waals surface area (Å²) in [6, 6.07) is 4.01. The monoisotopic (exact) mass is 529 g/mol. The second-order valence-electron chi connectivity index (χ2n) is 10.5. The zero-order chi connectivity index (χ0) is 26.2. The highest BCUT2D eigenvalue weighted by Crippen LogP contribution is 2.46. The van der Waals surface area contributed by atoms with E-state index >= 15 is 0 Å². The van der Waals surface area contributed by atoms with Crippen molar-refractivity contribution in [3.05, 3.63) is 30.1 Å². The van der Waals surface area contributed by atoms with E-state index in [1.54, 1.807) is 20.8 Å². The van der Waals surface area contributed by atoms with Crippen LogP contribution in [0, 0.1) is 5.82 Å². The Morgan fingerprint density at radius 3 is 2.14 bits per heavy atom. The smallest absolute Gasteiger partial charge is 0.241 e. The molecular weight excluding hydrogens is 485 g/mol. The van der Waals surface area contributed by atoms with Crippen LogP contribution in [-0.2, 0) is 29.0 Å². The molecule has 0 aliphatic carbocycles. The maximum absolute atomic E-state index is 13.3. The lowest BCUT2D eigenvalue weighted by atomic mass is 10.0. The second-order valence-corrected chi connectivity index (χ2v) is 12.2. The van der Waals surface area contributed by atoms with E-state index in [0.29, 0.717) is 6.61 Å². The molecule has 1 aromatic carbocycles. The second kappa shape index (κ2) is 13.1. The van der Waals surface area contributed by atoms with Crippen molar-refractivity contribution in [1.82, 2.24) is 4.72 Å². The topological polar surface area (TPSA) is 83.1 Å². The van der Waals surface area contributed by atoms with Gasteiger partial charge in [0.15, 0.2) is 5.79 Å². The van der Waals surface area contributed by atoms with Crippen molar-refractivity contribution in [3.63, 3.8) is 0 Å². The molecule has 0 aromatic heterocycles. The molecule has 4 atom stereocenters. The Bertz CT molecular complexity index is 909. The van der Waals surface area contributed by atoms with Gasteiger partial charge in [0.1, 0.15) is 18.5 Å². The van der Waals surface area contributed by atoms with Gasteiger partial charge in [-0.2, -0.15) is 0 Å². The van der Waals surface area contributed by atoms with Crippen LogP contribution in [0.4, 0.5) is 4.39 Å². The van der Waals surface area contributed by atoms with Gasteiger partial charge in [0, 0.05) is 6.61 Å². The van der Waals surface area contributed by atoms with Crippen molar-refractivity contribution >= 4 is 10.0 Å². The molecule has 0 spiro atoms. The van der Waals surface area contributed by atoms with Gasteiger partial charge in [-0.1, -0.05) is 64.7 Å². The van der Waals surface area contributed by atoms with Crippen LogP contribution in [0.1, 0.15) is 91.9 Å². The molecule has 7 nitrogen and oxygen atoms in total. The minimum Gasteiger partial charge on any atom is -0.376 e. The highest BCUT2D eigenvalue weighted by atomic mass is 32.2. The van der Waals surface area contributed by atoms with E-state index < -0.39 is 45.7 Å². The molecule has 36 heavy (non-hydrogen) atoms. The summed E-state index contributed by atoms with van der Waals surface area (Å²) in [6.45, 7) is 8.30. The molecule has 2 aliphatic rings. The summed E-state index contributed by atoms with van der Waals surface area (Å²) in [5.74, 6) is -2.65. The Balaban J connectivity index is 1.48. The number of benzene rings is 1. The molecule has 1 unspecified atom stereocenters. The lowest BCUT2D eigenvalue weighted by Gasteiger charge is -2.28. The fraction of sp³-hybridized carbons (Fsp3) is 0.778. The fourth-order valence-corrected chi connectivity index (χ4v) is 6.34. The van der Waals surface area contributed by atoms with Gasteiger partial charge in [-0.3, -0.25) is 0 Å². The fourth-order valence-electron chi connectivity index (χ4n) is 5.04. The molecule has 3 rings (SSSR count). The van der Waals surface area contributed by atoms with E-state index in [-0.39, 0.29) is 11.5 Å². The third-order valence-electron chi connectivity index (χ3n) is 6.84. The summed E-state index contributed by atoms with van der Waals surface area (Å²) in [4.78, 5) is -0.0241. The Labute approximate surface area is 216 Å². The van der Waals surface area contributed by atoms with E-state index in [2.05, 4.69) is 11.6 Å². The van der Waals surface area contributed by atoms with Gasteiger partial charge in [0.25, 0.3) is 0 Å². The van der Waals surface area contributed by atoms with Gasteiger partial charge in [0.2, 0.25) is 15.8 Å². The summed E-state index contributed by atoms with van der Waals surface area (Å²) < 4.78 is 66.2. The van der Waals surface area contributed by atoms with Crippen LogP contribution in [0.5, 0.6) is 0 Å². The SMILES string of the molecule is CCCCCCCCCCCCOC[C@@]12O[C@@H](C)C(NS(=O)(=O)c3ccc(F)cc3)[C@H]1OC(C)(C)O2. The Morgan fingerprint density at radius 1 is 0.944 bits per heavy atom. The highest BCUT2D eigenvalue weighted by molar-refractivity contribution is 7.89. The molecule has 0 radical (unpaired) electrons. The molecule has 2 fully saturated rings. The first kappa shape index (κ1) is 29.5. The number of hydrogen-bond donors (Lipinski definition) is 1. The zero-order valence-corrected chi connectivity index (χ0v) is 23.1. The minimum absolute atomic E-state index is 0.0241. The molecule has 2 saturated heterocycles. The molecular formula is C27H44FNO6S. The number of ether oxygens (including phenoxy) is 4. The van der Waals surface area contributed by atoms with Crippen molar-refractivity contribution < 1.29 is 31.8 Å². The van der Waals surface area contributed by atoms with Gasteiger partial charge in [-0.05, 0) is 51.5 Å². The van der Waals surface area contributed by atoms with Crippen LogP contribution < -0.4 is 4.72 Å². The van der Waals surface area contributed by atoms with Crippen molar-refractivity contribution in [3.8, 4) is 0 Å². The Kier molecular flexibility index (Phi) is 10.7. The maximum atomic E-state index is 13.3. The number of halogens is 1. The standard InChI is InChI=1S/C27H44FNO6S/c1-5-6-7-8-9-10-11-12-13-14-19-32-20-27-25(34-26(3,4)35-27)24(21(2)33-27)29-36(30,31)23-17-15-22(28)16-18-23/h15-18,21,24-25,29H,5-14,19-20H2,1-4H3/t21-,24?,25+,27-/m0/s1. The van der Waals surface area contributed by atoms with E-state index in [1.807, 2.05) is 0 Å². The Morgan fingerprint density at radius 2 is 1.53 bits per heavy atom. The first-order valence-corrected chi connectivity index (χ1v) is 15.0. The summed E-state index contributed by atoms with van der Waals surface area (Å²) in [6.07, 6.45) is 11.3. The zero-order valence-electron chi connectivity index (χ0n) is 22.3. The number of hydrogen-bond acceptors (Lipinski definition) is 6. The predicted octanol–water partition coefficient (Wildman–Crippen LogP) is 5.68. The molecule has 9 heteroatoms. The van der Waals surface area contributed by atoms with Crippen molar-refractivity contribution in [2.24, 2.45) is 0 Å². The summed E-state index contributed by atoms with van der Waals surface area (Å²) >= 11 is 0. The quantitative estimate of drug-likeness (QED) is 0.278. The predicted molar refractivity (Wildman–Crippen MR) is 136 cm³/mol. The van der Waals surface area contributed by atoms with Crippen LogP contribution >= 0.6 is 0 Å². The third kappa shape index (κ3) is 7.95. The van der Waals surface area contributed by atoms with Crippen LogP contribution in [0.15, 0.2) is 29.2 Å². The van der Waals surface area contributed by atoms with Crippen LogP contribution in [0.3, 0.4) is 0 Å². The van der Waals surface area contributed by atoms with Gasteiger partial charge in [-0.15, -0.1) is 0 Å². The first-order chi connectivity index (χ1) is 17.1. The van der Waals surface area contributed by atoms with Crippen molar-refractivity contribution in [1.29, 1.82) is 0 Å². The van der Waals surface area contributed by atoms with Gasteiger partial charge in [0.05, 0.1) is 17.0 Å². The molecule has 0 amide bonds. The van der Waals surface area contributed by atoms with E-state index in [9.17, 15) is 12.8 Å². The van der Waals surface area contributed by atoms with E-state index in [1.165, 1.54) is 63.5 Å². The summed E-state index contributed by atoms with van der Waals surface area (Å²) in [7, 11) is -3.92. The average molecular weight is 530 g/mol. The van der Waals surface area contributed by atoms with Crippen molar-refractivity contribution in [2.75, 3.05) is 13.2 Å². The number of nitrogens with one attached hydrogen (secondary N) is 1. The molecule has 2 aliphatic heterocycles. The largest absolute Gasteiger partial charge is 0.376 e.